The quantitative estimate of drug-likeness (QED) is 0.363. The molecule has 4 nitrogen and oxygen atoms in total. The third-order valence-corrected chi connectivity index (χ3v) is 2.60. The Morgan fingerprint density at radius 3 is 2.36 bits per heavy atom. The average Bonchev–Trinajstić information content (AvgIpc) is 2.33. The van der Waals surface area contributed by atoms with E-state index in [9.17, 15) is 22.8 Å². The first-order chi connectivity index (χ1) is 10.1. The fourth-order valence-electron chi connectivity index (χ4n) is 1.79. The highest BCUT2D eigenvalue weighted by Crippen LogP contribution is 2.18. The Morgan fingerprint density at radius 2 is 1.82 bits per heavy atom. The summed E-state index contributed by atoms with van der Waals surface area (Å²) >= 11 is 0. The predicted molar refractivity (Wildman–Crippen MR) is 72.4 cm³/mol. The Kier molecular flexibility index (Phi) is 5.88. The number of esters is 1. The van der Waals surface area contributed by atoms with Gasteiger partial charge in [0.1, 0.15) is 11.4 Å². The van der Waals surface area contributed by atoms with Crippen LogP contribution in [0.5, 0.6) is 0 Å². The summed E-state index contributed by atoms with van der Waals surface area (Å²) in [5.74, 6) is -4.15. The zero-order valence-electron chi connectivity index (χ0n) is 12.5. The third-order valence-electron chi connectivity index (χ3n) is 2.60. The zero-order chi connectivity index (χ0) is 16.9. The number of rotatable bonds is 5. The molecule has 22 heavy (non-hydrogen) atoms. The number of halogens is 3. The van der Waals surface area contributed by atoms with Crippen molar-refractivity contribution in [2.24, 2.45) is 4.99 Å². The largest absolute Gasteiger partial charge is 0.460 e. The Morgan fingerprint density at radius 1 is 1.23 bits per heavy atom. The lowest BCUT2D eigenvalue weighted by atomic mass is 10.0. The summed E-state index contributed by atoms with van der Waals surface area (Å²) in [6.07, 6.45) is 0.726. The highest BCUT2D eigenvalue weighted by molar-refractivity contribution is 5.70. The van der Waals surface area contributed by atoms with E-state index >= 15 is 0 Å². The van der Waals surface area contributed by atoms with Gasteiger partial charge in [-0.15, -0.1) is 0 Å². The van der Waals surface area contributed by atoms with Gasteiger partial charge in [0.15, 0.2) is 11.6 Å². The molecule has 0 heterocycles. The van der Waals surface area contributed by atoms with E-state index in [-0.39, 0.29) is 18.4 Å². The van der Waals surface area contributed by atoms with Crippen molar-refractivity contribution in [3.8, 4) is 0 Å². The van der Waals surface area contributed by atoms with E-state index in [0.717, 1.165) is 0 Å². The maximum Gasteiger partial charge on any atom is 0.308 e. The first-order valence-corrected chi connectivity index (χ1v) is 6.54. The smallest absolute Gasteiger partial charge is 0.308 e. The molecule has 120 valence electrons. The van der Waals surface area contributed by atoms with Crippen LogP contribution in [-0.2, 0) is 20.7 Å². The molecule has 1 aromatic rings. The van der Waals surface area contributed by atoms with Gasteiger partial charge in [0.05, 0.1) is 12.5 Å². The summed E-state index contributed by atoms with van der Waals surface area (Å²) < 4.78 is 44.7. The van der Waals surface area contributed by atoms with Gasteiger partial charge < -0.3 is 4.74 Å². The van der Waals surface area contributed by atoms with Gasteiger partial charge in [0.2, 0.25) is 6.08 Å². The van der Waals surface area contributed by atoms with Crippen LogP contribution in [0.1, 0.15) is 32.8 Å². The fourth-order valence-corrected chi connectivity index (χ4v) is 1.79. The molecule has 0 saturated carbocycles. The predicted octanol–water partition coefficient (Wildman–Crippen LogP) is 3.08. The van der Waals surface area contributed by atoms with Crippen LogP contribution in [0.2, 0.25) is 0 Å². The van der Waals surface area contributed by atoms with Gasteiger partial charge in [0, 0.05) is 6.07 Å². The molecular weight excluding hydrogens is 299 g/mol. The Hall–Kier alpha value is -2.14. The van der Waals surface area contributed by atoms with E-state index in [0.29, 0.717) is 12.1 Å². The van der Waals surface area contributed by atoms with Crippen molar-refractivity contribution in [1.82, 2.24) is 0 Å². The molecule has 7 heteroatoms. The van der Waals surface area contributed by atoms with Crippen molar-refractivity contribution in [3.63, 3.8) is 0 Å². The van der Waals surface area contributed by atoms with Gasteiger partial charge in [-0.3, -0.25) is 4.79 Å². The van der Waals surface area contributed by atoms with Crippen LogP contribution in [0.15, 0.2) is 17.1 Å². The minimum Gasteiger partial charge on any atom is -0.460 e. The second-order valence-electron chi connectivity index (χ2n) is 5.73. The summed E-state index contributed by atoms with van der Waals surface area (Å²) in [4.78, 5) is 25.5. The number of ether oxygens (including phenoxy) is 1. The third kappa shape index (κ3) is 5.69. The second kappa shape index (κ2) is 7.22. The lowest BCUT2D eigenvalue weighted by Gasteiger charge is -2.20. The summed E-state index contributed by atoms with van der Waals surface area (Å²) in [6.45, 7) is 4.99. The molecule has 0 fully saturated rings. The molecule has 0 saturated heterocycles. The van der Waals surface area contributed by atoms with Crippen LogP contribution < -0.4 is 0 Å². The second-order valence-corrected chi connectivity index (χ2v) is 5.73. The van der Waals surface area contributed by atoms with Crippen molar-refractivity contribution in [1.29, 1.82) is 0 Å². The lowest BCUT2D eigenvalue weighted by Crippen LogP contribution is -2.26. The Labute approximate surface area is 126 Å². The number of isocyanates is 1. The normalized spacial score (nSPS) is 12.5. The highest BCUT2D eigenvalue weighted by atomic mass is 19.2. The van der Waals surface area contributed by atoms with Crippen LogP contribution >= 0.6 is 0 Å². The monoisotopic (exact) mass is 315 g/mol. The van der Waals surface area contributed by atoms with Crippen LogP contribution in [0.4, 0.5) is 13.2 Å². The molecule has 0 aliphatic carbocycles. The minimum atomic E-state index is -1.32. The first kappa shape index (κ1) is 17.9. The maximum absolute atomic E-state index is 13.6. The number of carbonyl (C=O) groups is 1. The Balaban J connectivity index is 2.87. The van der Waals surface area contributed by atoms with E-state index in [1.54, 1.807) is 20.8 Å². The topological polar surface area (TPSA) is 55.7 Å². The van der Waals surface area contributed by atoms with Crippen molar-refractivity contribution < 1.29 is 27.5 Å². The van der Waals surface area contributed by atoms with E-state index in [1.807, 2.05) is 0 Å². The number of nitrogens with zero attached hydrogens (tertiary/aromatic N) is 1. The minimum absolute atomic E-state index is 0.188. The molecule has 0 aromatic heterocycles. The molecule has 1 unspecified atom stereocenters. The number of hydrogen-bond acceptors (Lipinski definition) is 4. The highest BCUT2D eigenvalue weighted by Gasteiger charge is 2.22. The summed E-state index contributed by atoms with van der Waals surface area (Å²) in [5.41, 5.74) is -0.911. The molecule has 1 aromatic carbocycles. The molecular formula is C15H16F3NO3. The van der Waals surface area contributed by atoms with Crippen LogP contribution in [0.25, 0.3) is 0 Å². The van der Waals surface area contributed by atoms with Crippen LogP contribution in [0, 0.1) is 17.5 Å². The molecule has 0 bridgehead atoms. The van der Waals surface area contributed by atoms with E-state index in [1.165, 1.54) is 6.08 Å². The van der Waals surface area contributed by atoms with Gasteiger partial charge in [-0.2, -0.15) is 0 Å². The zero-order valence-corrected chi connectivity index (χ0v) is 12.5. The Bertz CT molecular complexity index is 605. The van der Waals surface area contributed by atoms with Gasteiger partial charge in [0.25, 0.3) is 0 Å². The molecule has 0 aliphatic heterocycles. The number of carbonyl (C=O) groups excluding carboxylic acids is 2. The molecule has 1 atom stereocenters. The molecule has 0 N–H and O–H groups in total. The van der Waals surface area contributed by atoms with E-state index < -0.39 is 35.1 Å². The number of hydrogen-bond donors (Lipinski definition) is 0. The van der Waals surface area contributed by atoms with Crippen LogP contribution in [-0.4, -0.2) is 23.7 Å². The van der Waals surface area contributed by atoms with Crippen molar-refractivity contribution in [2.45, 2.75) is 45.3 Å². The summed E-state index contributed by atoms with van der Waals surface area (Å²) in [5, 5.41) is 0. The van der Waals surface area contributed by atoms with Gasteiger partial charge in [-0.1, -0.05) is 0 Å². The van der Waals surface area contributed by atoms with E-state index in [2.05, 4.69) is 4.99 Å². The number of benzene rings is 1. The van der Waals surface area contributed by atoms with Gasteiger partial charge >= 0.3 is 5.97 Å². The van der Waals surface area contributed by atoms with Crippen LogP contribution in [0.3, 0.4) is 0 Å². The number of aliphatic imine (C=N–C) groups is 1. The maximum atomic E-state index is 13.6. The van der Waals surface area contributed by atoms with E-state index in [4.69, 9.17) is 4.74 Å². The molecule has 0 radical (unpaired) electrons. The molecule has 0 aliphatic rings. The fraction of sp³-hybridized carbons (Fsp3) is 0.467. The summed E-state index contributed by atoms with van der Waals surface area (Å²) in [6, 6.07) is 0.110. The SMILES string of the molecule is CC(C)(C)OC(=O)CC(Cc1cc(F)c(F)cc1F)N=C=O. The first-order valence-electron chi connectivity index (χ1n) is 6.54. The van der Waals surface area contributed by atoms with Crippen molar-refractivity contribution >= 4 is 12.0 Å². The summed E-state index contributed by atoms with van der Waals surface area (Å²) in [7, 11) is 0. The van der Waals surface area contributed by atoms with Gasteiger partial charge in [-0.25, -0.2) is 23.0 Å². The van der Waals surface area contributed by atoms with Crippen molar-refractivity contribution in [3.05, 3.63) is 35.1 Å². The average molecular weight is 315 g/mol. The lowest BCUT2D eigenvalue weighted by molar-refractivity contribution is -0.155. The standard InChI is InChI=1S/C15H16F3NO3/c1-15(2,3)22-14(21)6-10(19-8-20)4-9-5-12(17)13(18)7-11(9)16/h5,7,10H,4,6H2,1-3H3. The van der Waals surface area contributed by atoms with Gasteiger partial charge in [-0.05, 0) is 38.8 Å². The molecule has 1 rings (SSSR count). The van der Waals surface area contributed by atoms with Crippen molar-refractivity contribution in [2.75, 3.05) is 0 Å². The molecule has 0 amide bonds. The molecule has 0 spiro atoms.